The molecule has 3 aliphatic heterocycles. The minimum Gasteiger partial charge on any atom is -0.480 e. The lowest BCUT2D eigenvalue weighted by Crippen LogP contribution is -2.45. The lowest BCUT2D eigenvalue weighted by atomic mass is 9.95. The molecule has 124 valence electrons. The van der Waals surface area contributed by atoms with Gasteiger partial charge in [0.1, 0.15) is 11.6 Å². The highest BCUT2D eigenvalue weighted by molar-refractivity contribution is 5.63. The van der Waals surface area contributed by atoms with Crippen LogP contribution in [0.25, 0.3) is 0 Å². The van der Waals surface area contributed by atoms with Gasteiger partial charge in [-0.15, -0.1) is 0 Å². The molecule has 23 heavy (non-hydrogen) atoms. The lowest BCUT2D eigenvalue weighted by molar-refractivity contribution is 0.0889. The summed E-state index contributed by atoms with van der Waals surface area (Å²) < 4.78 is 10.5. The SMILES string of the molecule is COCCN1C[C@H]2CC[C@@H]1CN(c1ccnc(OC)c1C#N)C2. The number of ether oxygens (including phenoxy) is 2. The highest BCUT2D eigenvalue weighted by Gasteiger charge is 2.35. The van der Waals surface area contributed by atoms with Gasteiger partial charge in [-0.3, -0.25) is 4.90 Å². The van der Waals surface area contributed by atoms with E-state index < -0.39 is 0 Å². The normalized spacial score (nSPS) is 24.3. The molecule has 0 saturated carbocycles. The topological polar surface area (TPSA) is 61.6 Å². The number of rotatable bonds is 5. The van der Waals surface area contributed by atoms with Crippen molar-refractivity contribution in [2.45, 2.75) is 18.9 Å². The number of methoxy groups -OCH3 is 2. The molecule has 3 fully saturated rings. The van der Waals surface area contributed by atoms with Crippen molar-refractivity contribution < 1.29 is 9.47 Å². The van der Waals surface area contributed by atoms with Crippen LogP contribution in [-0.2, 0) is 4.74 Å². The van der Waals surface area contributed by atoms with Crippen LogP contribution in [0, 0.1) is 17.2 Å². The minimum atomic E-state index is 0.415. The molecular weight excluding hydrogens is 292 g/mol. The molecule has 0 amide bonds. The zero-order chi connectivity index (χ0) is 16.2. The summed E-state index contributed by atoms with van der Waals surface area (Å²) in [6.07, 6.45) is 4.20. The van der Waals surface area contributed by atoms with E-state index in [9.17, 15) is 5.26 Å². The largest absolute Gasteiger partial charge is 0.480 e. The summed E-state index contributed by atoms with van der Waals surface area (Å²) in [5.74, 6) is 1.05. The summed E-state index contributed by atoms with van der Waals surface area (Å²) in [6.45, 7) is 4.81. The van der Waals surface area contributed by atoms with E-state index in [4.69, 9.17) is 9.47 Å². The maximum atomic E-state index is 9.52. The number of piperidine rings is 1. The predicted octanol–water partition coefficient (Wildman–Crippen LogP) is 1.51. The number of aromatic nitrogens is 1. The highest BCUT2D eigenvalue weighted by atomic mass is 16.5. The van der Waals surface area contributed by atoms with Crippen LogP contribution in [0.2, 0.25) is 0 Å². The van der Waals surface area contributed by atoms with Crippen LogP contribution in [0.5, 0.6) is 5.88 Å². The Bertz CT molecular complexity index is 586. The fourth-order valence-corrected chi connectivity index (χ4v) is 3.81. The molecule has 0 radical (unpaired) electrons. The van der Waals surface area contributed by atoms with Crippen LogP contribution < -0.4 is 9.64 Å². The summed E-state index contributed by atoms with van der Waals surface area (Å²) in [5.41, 5.74) is 1.49. The standard InChI is InChI=1S/C17H24N4O2/c1-22-8-7-20-10-13-3-4-14(20)12-21(11-13)16-5-6-19-17(23-2)15(16)9-18/h5-6,13-14H,3-4,7-8,10-12H2,1-2H3/t13-,14-/m1/s1. The van der Waals surface area contributed by atoms with Gasteiger partial charge in [0, 0.05) is 45.5 Å². The first-order valence-corrected chi connectivity index (χ1v) is 8.17. The van der Waals surface area contributed by atoms with Gasteiger partial charge in [0.2, 0.25) is 5.88 Å². The minimum absolute atomic E-state index is 0.415. The molecule has 0 spiro atoms. The molecule has 0 aliphatic carbocycles. The van der Waals surface area contributed by atoms with E-state index >= 15 is 0 Å². The zero-order valence-corrected chi connectivity index (χ0v) is 13.9. The van der Waals surface area contributed by atoms with Gasteiger partial charge in [0.05, 0.1) is 19.4 Å². The summed E-state index contributed by atoms with van der Waals surface area (Å²) in [6, 6.07) is 4.72. The second kappa shape index (κ2) is 7.16. The Kier molecular flexibility index (Phi) is 4.99. The first-order chi connectivity index (χ1) is 11.3. The molecule has 4 rings (SSSR count). The van der Waals surface area contributed by atoms with E-state index in [1.807, 2.05) is 6.07 Å². The smallest absolute Gasteiger partial charge is 0.233 e. The van der Waals surface area contributed by atoms with Crippen LogP contribution in [0.4, 0.5) is 5.69 Å². The van der Waals surface area contributed by atoms with Gasteiger partial charge in [0.25, 0.3) is 0 Å². The third-order valence-electron chi connectivity index (χ3n) is 4.95. The molecular formula is C17H24N4O2. The molecule has 4 heterocycles. The average Bonchev–Trinajstić information content (AvgIpc) is 2.90. The fourth-order valence-electron chi connectivity index (χ4n) is 3.81. The lowest BCUT2D eigenvalue weighted by Gasteiger charge is -2.35. The quantitative estimate of drug-likeness (QED) is 0.820. The number of anilines is 1. The van der Waals surface area contributed by atoms with Gasteiger partial charge < -0.3 is 14.4 Å². The summed E-state index contributed by atoms with van der Waals surface area (Å²) in [4.78, 5) is 9.05. The van der Waals surface area contributed by atoms with E-state index in [1.54, 1.807) is 20.4 Å². The van der Waals surface area contributed by atoms with Gasteiger partial charge in [0.15, 0.2) is 0 Å². The highest BCUT2D eigenvalue weighted by Crippen LogP contribution is 2.33. The van der Waals surface area contributed by atoms with Gasteiger partial charge in [-0.25, -0.2) is 4.98 Å². The Balaban J connectivity index is 1.84. The van der Waals surface area contributed by atoms with Crippen molar-refractivity contribution in [2.75, 3.05) is 51.9 Å². The van der Waals surface area contributed by atoms with E-state index in [2.05, 4.69) is 20.9 Å². The van der Waals surface area contributed by atoms with E-state index in [1.165, 1.54) is 12.8 Å². The van der Waals surface area contributed by atoms with Gasteiger partial charge >= 0.3 is 0 Å². The van der Waals surface area contributed by atoms with E-state index in [0.29, 0.717) is 23.4 Å². The number of fused-ring (bicyclic) bond motifs is 4. The van der Waals surface area contributed by atoms with E-state index in [-0.39, 0.29) is 0 Å². The van der Waals surface area contributed by atoms with Crippen LogP contribution in [0.15, 0.2) is 12.3 Å². The number of hydrogen-bond donors (Lipinski definition) is 0. The predicted molar refractivity (Wildman–Crippen MR) is 87.7 cm³/mol. The van der Waals surface area contributed by atoms with Crippen molar-refractivity contribution in [3.63, 3.8) is 0 Å². The Morgan fingerprint density at radius 2 is 2.17 bits per heavy atom. The Hall–Kier alpha value is -1.84. The molecule has 0 unspecified atom stereocenters. The van der Waals surface area contributed by atoms with Crippen LogP contribution in [0.1, 0.15) is 18.4 Å². The summed E-state index contributed by atoms with van der Waals surface area (Å²) >= 11 is 0. The molecule has 2 atom stereocenters. The first kappa shape index (κ1) is 16.0. The molecule has 3 saturated heterocycles. The molecule has 6 heteroatoms. The zero-order valence-electron chi connectivity index (χ0n) is 13.9. The number of nitriles is 1. The number of hydrogen-bond acceptors (Lipinski definition) is 6. The molecule has 0 aromatic carbocycles. The maximum absolute atomic E-state index is 9.52. The van der Waals surface area contributed by atoms with Crippen LogP contribution in [0.3, 0.4) is 0 Å². The molecule has 6 nitrogen and oxygen atoms in total. The molecule has 0 N–H and O–H groups in total. The van der Waals surface area contributed by atoms with Crippen molar-refractivity contribution in [3.05, 3.63) is 17.8 Å². The van der Waals surface area contributed by atoms with E-state index in [0.717, 1.165) is 38.5 Å². The maximum Gasteiger partial charge on any atom is 0.233 e. The average molecular weight is 316 g/mol. The Labute approximate surface area is 137 Å². The van der Waals surface area contributed by atoms with Crippen LogP contribution >= 0.6 is 0 Å². The molecule has 2 bridgehead atoms. The molecule has 1 aromatic rings. The van der Waals surface area contributed by atoms with Crippen molar-refractivity contribution >= 4 is 5.69 Å². The Morgan fingerprint density at radius 3 is 2.91 bits per heavy atom. The second-order valence-corrected chi connectivity index (χ2v) is 6.32. The summed E-state index contributed by atoms with van der Waals surface area (Å²) in [7, 11) is 3.32. The molecule has 1 aromatic heterocycles. The van der Waals surface area contributed by atoms with Gasteiger partial charge in [-0.05, 0) is 24.8 Å². The monoisotopic (exact) mass is 316 g/mol. The summed E-state index contributed by atoms with van der Waals surface area (Å²) in [5, 5.41) is 9.52. The first-order valence-electron chi connectivity index (χ1n) is 8.17. The number of nitrogens with zero attached hydrogens (tertiary/aromatic N) is 4. The van der Waals surface area contributed by atoms with Gasteiger partial charge in [-0.1, -0.05) is 0 Å². The second-order valence-electron chi connectivity index (χ2n) is 6.32. The molecule has 3 aliphatic rings. The third-order valence-corrected chi connectivity index (χ3v) is 4.95. The fraction of sp³-hybridized carbons (Fsp3) is 0.647. The third kappa shape index (κ3) is 3.26. The van der Waals surface area contributed by atoms with Crippen LogP contribution in [-0.4, -0.2) is 62.9 Å². The van der Waals surface area contributed by atoms with Crippen molar-refractivity contribution in [2.24, 2.45) is 5.92 Å². The number of pyridine rings is 1. The van der Waals surface area contributed by atoms with Crippen molar-refractivity contribution in [1.82, 2.24) is 9.88 Å². The van der Waals surface area contributed by atoms with Gasteiger partial charge in [-0.2, -0.15) is 5.26 Å². The van der Waals surface area contributed by atoms with Crippen molar-refractivity contribution in [3.8, 4) is 11.9 Å². The van der Waals surface area contributed by atoms with Crippen molar-refractivity contribution in [1.29, 1.82) is 5.26 Å². The Morgan fingerprint density at radius 1 is 1.30 bits per heavy atom.